The third-order valence-electron chi connectivity index (χ3n) is 4.31. The normalized spacial score (nSPS) is 15.4. The van der Waals surface area contributed by atoms with Gasteiger partial charge in [0.25, 0.3) is 0 Å². The molecule has 0 aromatic heterocycles. The highest BCUT2D eigenvalue weighted by atomic mass is 127. The van der Waals surface area contributed by atoms with Crippen molar-refractivity contribution in [3.8, 4) is 0 Å². The van der Waals surface area contributed by atoms with E-state index in [-0.39, 0.29) is 29.6 Å². The maximum atomic E-state index is 5.44. The van der Waals surface area contributed by atoms with Gasteiger partial charge in [0.15, 0.2) is 5.96 Å². The average molecular weight is 476 g/mol. The van der Waals surface area contributed by atoms with Gasteiger partial charge in [-0.2, -0.15) is 0 Å². The lowest BCUT2D eigenvalue weighted by molar-refractivity contribution is 0.0268. The lowest BCUT2D eigenvalue weighted by atomic mass is 10.1. The van der Waals surface area contributed by atoms with Crippen LogP contribution >= 0.6 is 24.0 Å². The van der Waals surface area contributed by atoms with Crippen molar-refractivity contribution in [3.05, 3.63) is 29.8 Å². The van der Waals surface area contributed by atoms with Crippen LogP contribution in [0.3, 0.4) is 0 Å². The minimum absolute atomic E-state index is 0. The van der Waals surface area contributed by atoms with Crippen molar-refractivity contribution < 1.29 is 9.47 Å². The van der Waals surface area contributed by atoms with Gasteiger partial charge in [-0.3, -0.25) is 0 Å². The molecule has 1 aliphatic rings. The number of guanidine groups is 1. The van der Waals surface area contributed by atoms with Crippen molar-refractivity contribution in [1.29, 1.82) is 0 Å². The van der Waals surface area contributed by atoms with Crippen LogP contribution in [0.2, 0.25) is 0 Å². The number of benzene rings is 1. The molecule has 0 unspecified atom stereocenters. The Morgan fingerprint density at radius 1 is 1.19 bits per heavy atom. The molecule has 148 valence electrons. The molecule has 0 radical (unpaired) electrons. The number of hydrogen-bond donors (Lipinski definition) is 2. The quantitative estimate of drug-likeness (QED) is 0.360. The molecule has 2 rings (SSSR count). The van der Waals surface area contributed by atoms with Crippen molar-refractivity contribution in [2.24, 2.45) is 4.99 Å². The Morgan fingerprint density at radius 3 is 2.42 bits per heavy atom. The number of hydrogen-bond acceptors (Lipinski definition) is 4. The summed E-state index contributed by atoms with van der Waals surface area (Å²) in [7, 11) is 1.72. The molecule has 1 aliphatic heterocycles. The van der Waals surface area contributed by atoms with Crippen molar-refractivity contribution in [2.75, 3.05) is 51.4 Å². The number of nitrogens with one attached hydrogen (secondary N) is 2. The summed E-state index contributed by atoms with van der Waals surface area (Å²) in [6.07, 6.45) is 0. The summed E-state index contributed by atoms with van der Waals surface area (Å²) in [6, 6.07) is 8.64. The fourth-order valence-electron chi connectivity index (χ4n) is 2.51. The van der Waals surface area contributed by atoms with Crippen LogP contribution in [0.4, 0.5) is 5.69 Å². The third kappa shape index (κ3) is 7.67. The molecule has 0 bridgehead atoms. The second-order valence-electron chi connectivity index (χ2n) is 6.78. The van der Waals surface area contributed by atoms with E-state index in [1.807, 2.05) is 13.8 Å². The zero-order valence-electron chi connectivity index (χ0n) is 16.4. The van der Waals surface area contributed by atoms with Gasteiger partial charge in [-0.1, -0.05) is 12.1 Å². The van der Waals surface area contributed by atoms with Gasteiger partial charge < -0.3 is 25.0 Å². The number of methoxy groups -OCH3 is 1. The summed E-state index contributed by atoms with van der Waals surface area (Å²) in [5.41, 5.74) is 2.22. The fourth-order valence-corrected chi connectivity index (χ4v) is 2.51. The Hall–Kier alpha value is -1.06. The number of nitrogens with zero attached hydrogens (tertiary/aromatic N) is 2. The number of ether oxygens (including phenoxy) is 2. The van der Waals surface area contributed by atoms with E-state index in [0.717, 1.165) is 38.8 Å². The number of anilines is 1. The van der Waals surface area contributed by atoms with Crippen LogP contribution in [-0.4, -0.2) is 58.1 Å². The van der Waals surface area contributed by atoms with Crippen molar-refractivity contribution in [3.63, 3.8) is 0 Å². The number of rotatable bonds is 7. The predicted octanol–water partition coefficient (Wildman–Crippen LogP) is 2.62. The van der Waals surface area contributed by atoms with Crippen molar-refractivity contribution in [1.82, 2.24) is 10.6 Å². The minimum Gasteiger partial charge on any atom is -0.378 e. The zero-order chi connectivity index (χ0) is 18.1. The molecule has 7 heteroatoms. The van der Waals surface area contributed by atoms with E-state index in [1.54, 1.807) is 7.11 Å². The summed E-state index contributed by atoms with van der Waals surface area (Å²) in [5.74, 6) is 0.810. The smallest absolute Gasteiger partial charge is 0.191 e. The average Bonchev–Trinajstić information content (AvgIpc) is 2.65. The van der Waals surface area contributed by atoms with E-state index in [9.17, 15) is 0 Å². The highest BCUT2D eigenvalue weighted by molar-refractivity contribution is 14.0. The van der Waals surface area contributed by atoms with Gasteiger partial charge >= 0.3 is 0 Å². The lowest BCUT2D eigenvalue weighted by Gasteiger charge is -2.28. The molecule has 1 fully saturated rings. The fraction of sp³-hybridized carbons (Fsp3) is 0.632. The molecule has 2 N–H and O–H groups in total. The lowest BCUT2D eigenvalue weighted by Crippen LogP contribution is -2.45. The molecule has 1 aromatic carbocycles. The first-order chi connectivity index (χ1) is 12.0. The molecule has 6 nitrogen and oxygen atoms in total. The molecular formula is C19H33IN4O2. The maximum Gasteiger partial charge on any atom is 0.191 e. The number of morpholine rings is 1. The van der Waals surface area contributed by atoms with Gasteiger partial charge in [0.2, 0.25) is 0 Å². The first-order valence-corrected chi connectivity index (χ1v) is 9.03. The first-order valence-electron chi connectivity index (χ1n) is 9.03. The van der Waals surface area contributed by atoms with Gasteiger partial charge in [0.05, 0.1) is 25.4 Å². The largest absolute Gasteiger partial charge is 0.378 e. The van der Waals surface area contributed by atoms with Crippen molar-refractivity contribution in [2.45, 2.75) is 32.9 Å². The Kier molecular flexibility index (Phi) is 10.3. The molecule has 0 saturated carbocycles. The van der Waals surface area contributed by atoms with Gasteiger partial charge in [-0.25, -0.2) is 4.99 Å². The van der Waals surface area contributed by atoms with Gasteiger partial charge in [0, 0.05) is 39.0 Å². The highest BCUT2D eigenvalue weighted by Crippen LogP contribution is 2.17. The Labute approximate surface area is 174 Å². The summed E-state index contributed by atoms with van der Waals surface area (Å²) in [6.45, 7) is 11.9. The first kappa shape index (κ1) is 23.0. The third-order valence-corrected chi connectivity index (χ3v) is 4.31. The molecule has 0 atom stereocenters. The van der Waals surface area contributed by atoms with Crippen LogP contribution in [0.25, 0.3) is 0 Å². The van der Waals surface area contributed by atoms with Crippen LogP contribution in [0.15, 0.2) is 29.3 Å². The van der Waals surface area contributed by atoms with Crippen LogP contribution < -0.4 is 15.5 Å². The van der Waals surface area contributed by atoms with E-state index in [1.165, 1.54) is 11.3 Å². The van der Waals surface area contributed by atoms with E-state index in [2.05, 4.69) is 51.7 Å². The van der Waals surface area contributed by atoms with E-state index < -0.39 is 0 Å². The van der Waals surface area contributed by atoms with Crippen LogP contribution in [0.1, 0.15) is 26.3 Å². The van der Waals surface area contributed by atoms with Crippen LogP contribution in [-0.2, 0) is 16.0 Å². The topological polar surface area (TPSA) is 58.1 Å². The van der Waals surface area contributed by atoms with E-state index in [4.69, 9.17) is 9.47 Å². The monoisotopic (exact) mass is 476 g/mol. The standard InChI is InChI=1S/C19H32N4O2.HI/c1-5-20-18(22-15-19(2,3)24-4)21-14-16-6-8-17(9-7-16)23-10-12-25-13-11-23;/h6-9H,5,10-15H2,1-4H3,(H2,20,21,22);1H. The summed E-state index contributed by atoms with van der Waals surface area (Å²) < 4.78 is 10.8. The van der Waals surface area contributed by atoms with Gasteiger partial charge in [0.1, 0.15) is 0 Å². The Morgan fingerprint density at radius 2 is 1.85 bits per heavy atom. The maximum absolute atomic E-state index is 5.44. The Balaban J connectivity index is 0.00000338. The summed E-state index contributed by atoms with van der Waals surface area (Å²) in [4.78, 5) is 7.02. The molecule has 0 aliphatic carbocycles. The van der Waals surface area contributed by atoms with Gasteiger partial charge in [-0.15, -0.1) is 24.0 Å². The Bertz CT molecular complexity index is 543. The molecule has 1 aromatic rings. The molecular weight excluding hydrogens is 443 g/mol. The summed E-state index contributed by atoms with van der Waals surface area (Å²) in [5, 5.41) is 6.61. The SMILES string of the molecule is CCNC(=NCc1ccc(N2CCOCC2)cc1)NCC(C)(C)OC.I. The molecule has 26 heavy (non-hydrogen) atoms. The van der Waals surface area contributed by atoms with Crippen molar-refractivity contribution >= 4 is 35.6 Å². The van der Waals surface area contributed by atoms with E-state index in [0.29, 0.717) is 13.1 Å². The molecule has 0 spiro atoms. The number of aliphatic imine (C=N–C) groups is 1. The summed E-state index contributed by atoms with van der Waals surface area (Å²) >= 11 is 0. The van der Waals surface area contributed by atoms with Crippen LogP contribution in [0.5, 0.6) is 0 Å². The second-order valence-corrected chi connectivity index (χ2v) is 6.78. The van der Waals surface area contributed by atoms with E-state index >= 15 is 0 Å². The molecule has 0 amide bonds. The highest BCUT2D eigenvalue weighted by Gasteiger charge is 2.16. The molecule has 1 heterocycles. The van der Waals surface area contributed by atoms with Gasteiger partial charge in [-0.05, 0) is 38.5 Å². The predicted molar refractivity (Wildman–Crippen MR) is 119 cm³/mol. The minimum atomic E-state index is -0.226. The zero-order valence-corrected chi connectivity index (χ0v) is 18.7. The van der Waals surface area contributed by atoms with Crippen LogP contribution in [0, 0.1) is 0 Å². The second kappa shape index (κ2) is 11.6. The number of halogens is 1. The molecule has 1 saturated heterocycles.